The number of amides is 2. The Labute approximate surface area is 210 Å². The minimum absolute atomic E-state index is 0.162. The minimum Gasteiger partial charge on any atom is -0.273 e. The summed E-state index contributed by atoms with van der Waals surface area (Å²) in [7, 11) is 0. The van der Waals surface area contributed by atoms with Gasteiger partial charge in [0.15, 0.2) is 5.16 Å². The Morgan fingerprint density at radius 3 is 2.11 bits per heavy atom. The molecule has 0 radical (unpaired) electrons. The number of hydrogen-bond acceptors (Lipinski definition) is 6. The van der Waals surface area contributed by atoms with E-state index in [1.807, 2.05) is 54.6 Å². The molecule has 0 saturated heterocycles. The van der Waals surface area contributed by atoms with Crippen molar-refractivity contribution in [1.29, 1.82) is 0 Å². The smallest absolute Gasteiger partial charge is 0.267 e. The number of para-hydroxylation sites is 2. The van der Waals surface area contributed by atoms with E-state index in [-0.39, 0.29) is 23.9 Å². The minimum atomic E-state index is -0.281. The summed E-state index contributed by atoms with van der Waals surface area (Å²) in [4.78, 5) is 40.3. The van der Waals surface area contributed by atoms with E-state index in [0.29, 0.717) is 38.7 Å². The van der Waals surface area contributed by atoms with Gasteiger partial charge in [-0.2, -0.15) is 0 Å². The summed E-state index contributed by atoms with van der Waals surface area (Å²) in [5.41, 5.74) is 4.11. The van der Waals surface area contributed by atoms with Crippen LogP contribution in [0, 0.1) is 13.8 Å². The van der Waals surface area contributed by atoms with Crippen LogP contribution in [0.25, 0.3) is 22.4 Å². The van der Waals surface area contributed by atoms with Crippen LogP contribution < -0.4 is 5.56 Å². The van der Waals surface area contributed by atoms with Crippen molar-refractivity contribution in [3.63, 3.8) is 0 Å². The summed E-state index contributed by atoms with van der Waals surface area (Å²) < 4.78 is 3.49. The van der Waals surface area contributed by atoms with Gasteiger partial charge in [0.25, 0.3) is 17.4 Å². The van der Waals surface area contributed by atoms with Crippen molar-refractivity contribution in [3.8, 4) is 5.69 Å². The Kier molecular flexibility index (Phi) is 5.22. The normalized spacial score (nSPS) is 13.2. The van der Waals surface area contributed by atoms with Crippen LogP contribution in [0.1, 0.15) is 31.8 Å². The molecule has 36 heavy (non-hydrogen) atoms. The molecule has 2 aromatic heterocycles. The molecule has 0 N–H and O–H groups in total. The molecule has 1 aliphatic rings. The van der Waals surface area contributed by atoms with Gasteiger partial charge in [-0.3, -0.25) is 23.7 Å². The molecule has 0 aliphatic carbocycles. The van der Waals surface area contributed by atoms with Crippen LogP contribution in [0.3, 0.4) is 0 Å². The van der Waals surface area contributed by atoms with E-state index in [0.717, 1.165) is 16.8 Å². The summed E-state index contributed by atoms with van der Waals surface area (Å²) in [5.74, 6) is 0.288. The molecule has 0 spiro atoms. The lowest BCUT2D eigenvalue weighted by molar-refractivity contribution is 0.0664. The van der Waals surface area contributed by atoms with Gasteiger partial charge in [0.1, 0.15) is 0 Å². The summed E-state index contributed by atoms with van der Waals surface area (Å²) in [6.07, 6.45) is 0. The molecule has 8 nitrogen and oxygen atoms in total. The zero-order valence-electron chi connectivity index (χ0n) is 19.6. The summed E-state index contributed by atoms with van der Waals surface area (Å²) in [5, 5.41) is 9.94. The Morgan fingerprint density at radius 2 is 1.42 bits per heavy atom. The van der Waals surface area contributed by atoms with Gasteiger partial charge in [-0.25, -0.2) is 4.57 Å². The Hall–Kier alpha value is -4.24. The highest BCUT2D eigenvalue weighted by Gasteiger charge is 2.34. The SMILES string of the molecule is Cc1cccc(C)c1-n1c(=O)c2ccccc2n2c(SCCN3C(=O)c4ccccc4C3=O)nnc12. The molecule has 178 valence electrons. The molecule has 6 rings (SSSR count). The topological polar surface area (TPSA) is 89.6 Å². The first-order chi connectivity index (χ1) is 17.5. The van der Waals surface area contributed by atoms with Crippen LogP contribution in [0.15, 0.2) is 76.7 Å². The van der Waals surface area contributed by atoms with E-state index >= 15 is 0 Å². The third kappa shape index (κ3) is 3.27. The fourth-order valence-electron chi connectivity index (χ4n) is 4.80. The number of carbonyl (C=O) groups is 2. The second kappa shape index (κ2) is 8.46. The van der Waals surface area contributed by atoms with Gasteiger partial charge in [-0.1, -0.05) is 54.2 Å². The average Bonchev–Trinajstić information content (AvgIpc) is 3.41. The van der Waals surface area contributed by atoms with E-state index < -0.39 is 0 Å². The zero-order chi connectivity index (χ0) is 25.0. The molecular formula is C27H21N5O3S. The van der Waals surface area contributed by atoms with E-state index in [4.69, 9.17) is 0 Å². The van der Waals surface area contributed by atoms with Gasteiger partial charge < -0.3 is 0 Å². The van der Waals surface area contributed by atoms with E-state index in [2.05, 4.69) is 10.2 Å². The highest BCUT2D eigenvalue weighted by molar-refractivity contribution is 7.99. The maximum Gasteiger partial charge on any atom is 0.267 e. The molecule has 3 aromatic carbocycles. The molecule has 3 heterocycles. The first-order valence-electron chi connectivity index (χ1n) is 11.5. The van der Waals surface area contributed by atoms with Gasteiger partial charge in [0.2, 0.25) is 5.78 Å². The quantitative estimate of drug-likeness (QED) is 0.270. The number of aromatic nitrogens is 4. The Morgan fingerprint density at radius 1 is 0.778 bits per heavy atom. The Balaban J connectivity index is 1.40. The van der Waals surface area contributed by atoms with E-state index in [1.165, 1.54) is 16.7 Å². The lowest BCUT2D eigenvalue weighted by atomic mass is 10.1. The lowest BCUT2D eigenvalue weighted by Crippen LogP contribution is -2.31. The number of aryl methyl sites for hydroxylation is 2. The fraction of sp³-hybridized carbons (Fsp3) is 0.148. The van der Waals surface area contributed by atoms with Crippen molar-refractivity contribution in [3.05, 3.63) is 99.3 Å². The van der Waals surface area contributed by atoms with Gasteiger partial charge >= 0.3 is 0 Å². The van der Waals surface area contributed by atoms with E-state index in [9.17, 15) is 14.4 Å². The van der Waals surface area contributed by atoms with Gasteiger partial charge in [-0.05, 0) is 49.2 Å². The fourth-order valence-corrected chi connectivity index (χ4v) is 5.67. The van der Waals surface area contributed by atoms with Crippen LogP contribution in [0.4, 0.5) is 0 Å². The molecule has 0 atom stereocenters. The first kappa shape index (κ1) is 22.2. The first-order valence-corrected chi connectivity index (χ1v) is 12.5. The highest BCUT2D eigenvalue weighted by Crippen LogP contribution is 2.27. The van der Waals surface area contributed by atoms with Crippen molar-refractivity contribution >= 4 is 40.3 Å². The summed E-state index contributed by atoms with van der Waals surface area (Å²) in [6.45, 7) is 4.17. The molecule has 2 amide bonds. The van der Waals surface area contributed by atoms with Crippen molar-refractivity contribution < 1.29 is 9.59 Å². The average molecular weight is 496 g/mol. The highest BCUT2D eigenvalue weighted by atomic mass is 32.2. The zero-order valence-corrected chi connectivity index (χ0v) is 20.5. The van der Waals surface area contributed by atoms with Crippen molar-refractivity contribution in [2.24, 2.45) is 0 Å². The summed E-state index contributed by atoms with van der Waals surface area (Å²) >= 11 is 1.39. The van der Waals surface area contributed by atoms with Crippen molar-refractivity contribution in [2.75, 3.05) is 12.3 Å². The Bertz CT molecular complexity index is 1720. The second-order valence-electron chi connectivity index (χ2n) is 8.67. The number of nitrogens with zero attached hydrogens (tertiary/aromatic N) is 5. The maximum atomic E-state index is 13.6. The van der Waals surface area contributed by atoms with Crippen molar-refractivity contribution in [2.45, 2.75) is 19.0 Å². The monoisotopic (exact) mass is 495 g/mol. The molecule has 5 aromatic rings. The third-order valence-corrected chi connectivity index (χ3v) is 7.39. The van der Waals surface area contributed by atoms with E-state index in [1.54, 1.807) is 34.9 Å². The number of fused-ring (bicyclic) bond motifs is 4. The lowest BCUT2D eigenvalue weighted by Gasteiger charge is -2.16. The van der Waals surface area contributed by atoms with Crippen molar-refractivity contribution in [1.82, 2.24) is 24.1 Å². The van der Waals surface area contributed by atoms with Gasteiger partial charge in [-0.15, -0.1) is 10.2 Å². The largest absolute Gasteiger partial charge is 0.273 e. The number of benzene rings is 3. The number of imide groups is 1. The van der Waals surface area contributed by atoms with Crippen LogP contribution in [0.5, 0.6) is 0 Å². The third-order valence-electron chi connectivity index (χ3n) is 6.48. The molecular weight excluding hydrogens is 474 g/mol. The molecule has 0 saturated carbocycles. The summed E-state index contributed by atoms with van der Waals surface area (Å²) in [6, 6.07) is 20.1. The van der Waals surface area contributed by atoms with Gasteiger partial charge in [0.05, 0.1) is 27.7 Å². The predicted molar refractivity (Wildman–Crippen MR) is 138 cm³/mol. The molecule has 0 unspecified atom stereocenters. The number of thioether (sulfide) groups is 1. The predicted octanol–water partition coefficient (Wildman–Crippen LogP) is 4.04. The number of hydrogen-bond donors (Lipinski definition) is 0. The van der Waals surface area contributed by atoms with Crippen LogP contribution in [-0.4, -0.2) is 48.2 Å². The maximum absolute atomic E-state index is 13.6. The molecule has 0 bridgehead atoms. The number of rotatable bonds is 5. The van der Waals surface area contributed by atoms with Crippen LogP contribution >= 0.6 is 11.8 Å². The standard InChI is InChI=1S/C27H21N5O3S/c1-16-8-7-9-17(2)22(16)32-25(35)20-12-5-6-13-21(20)31-26(32)28-29-27(31)36-15-14-30-23(33)18-10-3-4-11-19(18)24(30)34/h3-13H,14-15H2,1-2H3. The number of carbonyl (C=O) groups excluding carboxylic acids is 2. The van der Waals surface area contributed by atoms with Crippen LogP contribution in [0.2, 0.25) is 0 Å². The molecule has 1 aliphatic heterocycles. The molecule has 0 fully saturated rings. The van der Waals surface area contributed by atoms with Gasteiger partial charge in [0, 0.05) is 12.3 Å². The van der Waals surface area contributed by atoms with Crippen LogP contribution in [-0.2, 0) is 0 Å². The second-order valence-corrected chi connectivity index (χ2v) is 9.73. The molecule has 9 heteroatoms.